The Labute approximate surface area is 298 Å². The second-order valence-corrected chi connectivity index (χ2v) is 12.5. The Morgan fingerprint density at radius 3 is 1.58 bits per heavy atom. The predicted molar refractivity (Wildman–Crippen MR) is 178 cm³/mol. The van der Waals surface area contributed by atoms with Crippen molar-refractivity contribution < 1.29 is 62.4 Å². The van der Waals surface area contributed by atoms with Crippen LogP contribution in [0, 0.1) is 10.7 Å². The minimum absolute atomic E-state index is 0.0290. The van der Waals surface area contributed by atoms with Gasteiger partial charge in [0, 0.05) is 31.3 Å². The molecule has 2 rings (SSSR count). The molecule has 0 radical (unpaired) electrons. The Bertz CT molecular complexity index is 1280. The van der Waals surface area contributed by atoms with Crippen LogP contribution in [0.4, 0.5) is 10.5 Å². The molecule has 1 aliphatic rings. The van der Waals surface area contributed by atoms with Crippen molar-refractivity contribution in [2.45, 2.75) is 45.9 Å². The molecular formula is C26H30I3N3O13. The second-order valence-electron chi connectivity index (χ2n) is 9.31. The SMILES string of the molecule is CC(=O)OCC(CNC(=O)c1c(I)c(C(=O)NCC(COC(C)=O)OC(C)=O)c(I)c(N2C(=O)OCC2CO)c1I)OC(C)=O. The van der Waals surface area contributed by atoms with Gasteiger partial charge >= 0.3 is 30.0 Å². The van der Waals surface area contributed by atoms with Gasteiger partial charge in [0.2, 0.25) is 0 Å². The quantitative estimate of drug-likeness (QED) is 0.136. The fourth-order valence-electron chi connectivity index (χ4n) is 3.88. The van der Waals surface area contributed by atoms with Crippen molar-refractivity contribution in [2.24, 2.45) is 0 Å². The van der Waals surface area contributed by atoms with Gasteiger partial charge < -0.3 is 39.4 Å². The van der Waals surface area contributed by atoms with Crippen LogP contribution >= 0.6 is 67.8 Å². The number of benzene rings is 1. The zero-order chi connectivity index (χ0) is 34.0. The summed E-state index contributed by atoms with van der Waals surface area (Å²) in [5, 5.41) is 15.1. The molecule has 0 saturated carbocycles. The third-order valence-electron chi connectivity index (χ3n) is 5.75. The smallest absolute Gasteiger partial charge is 0.414 e. The summed E-state index contributed by atoms with van der Waals surface area (Å²) in [5.41, 5.74) is 0.0682. The summed E-state index contributed by atoms with van der Waals surface area (Å²) in [7, 11) is 0. The maximum absolute atomic E-state index is 13.6. The minimum atomic E-state index is -1.03. The molecule has 1 aromatic carbocycles. The van der Waals surface area contributed by atoms with E-state index in [-0.39, 0.29) is 60.4 Å². The van der Waals surface area contributed by atoms with E-state index < -0.39 is 66.6 Å². The van der Waals surface area contributed by atoms with Crippen LogP contribution in [-0.2, 0) is 42.9 Å². The number of carbonyl (C=O) groups is 7. The summed E-state index contributed by atoms with van der Waals surface area (Å²) < 4.78 is 25.9. The third kappa shape index (κ3) is 11.0. The van der Waals surface area contributed by atoms with Crippen molar-refractivity contribution in [3.05, 3.63) is 21.8 Å². The number of ether oxygens (including phenoxy) is 5. The number of rotatable bonds is 14. The maximum Gasteiger partial charge on any atom is 0.414 e. The highest BCUT2D eigenvalue weighted by molar-refractivity contribution is 14.1. The molecule has 1 heterocycles. The van der Waals surface area contributed by atoms with Crippen molar-refractivity contribution in [1.82, 2.24) is 10.6 Å². The summed E-state index contributed by atoms with van der Waals surface area (Å²) in [6.07, 6.45) is -2.87. The van der Waals surface area contributed by atoms with E-state index in [0.29, 0.717) is 0 Å². The molecule has 1 fully saturated rings. The third-order valence-corrected chi connectivity index (χ3v) is 8.93. The molecule has 3 unspecified atom stereocenters. The molecule has 3 atom stereocenters. The van der Waals surface area contributed by atoms with E-state index in [4.69, 9.17) is 23.7 Å². The Morgan fingerprint density at radius 2 is 1.22 bits per heavy atom. The monoisotopic (exact) mass is 973 g/mol. The Hall–Kier alpha value is -2.54. The molecule has 0 bridgehead atoms. The van der Waals surface area contributed by atoms with E-state index in [0.717, 1.165) is 18.7 Å². The first-order valence-electron chi connectivity index (χ1n) is 13.0. The molecule has 1 aliphatic heterocycles. The van der Waals surface area contributed by atoms with Crippen LogP contribution in [0.25, 0.3) is 0 Å². The van der Waals surface area contributed by atoms with Gasteiger partial charge in [-0.05, 0) is 67.8 Å². The van der Waals surface area contributed by atoms with E-state index >= 15 is 0 Å². The molecule has 0 aromatic heterocycles. The lowest BCUT2D eigenvalue weighted by atomic mass is 10.1. The van der Waals surface area contributed by atoms with E-state index in [2.05, 4.69) is 10.6 Å². The minimum Gasteiger partial charge on any atom is -0.462 e. The summed E-state index contributed by atoms with van der Waals surface area (Å²) in [6.45, 7) is 2.81. The highest BCUT2D eigenvalue weighted by Crippen LogP contribution is 2.40. The molecule has 16 nitrogen and oxygen atoms in total. The van der Waals surface area contributed by atoms with E-state index in [9.17, 15) is 38.7 Å². The molecule has 19 heteroatoms. The van der Waals surface area contributed by atoms with Gasteiger partial charge in [0.15, 0.2) is 12.2 Å². The molecule has 45 heavy (non-hydrogen) atoms. The van der Waals surface area contributed by atoms with Crippen LogP contribution in [-0.4, -0.2) is 105 Å². The molecule has 248 valence electrons. The van der Waals surface area contributed by atoms with Crippen LogP contribution in [0.15, 0.2) is 0 Å². The Balaban J connectivity index is 2.56. The summed E-state index contributed by atoms with van der Waals surface area (Å²) >= 11 is 5.49. The van der Waals surface area contributed by atoms with Crippen LogP contribution in [0.1, 0.15) is 48.4 Å². The average molecular weight is 973 g/mol. The fourth-order valence-corrected chi connectivity index (χ4v) is 8.54. The molecule has 1 saturated heterocycles. The molecule has 1 aromatic rings. The van der Waals surface area contributed by atoms with Gasteiger partial charge in [0.1, 0.15) is 19.8 Å². The van der Waals surface area contributed by atoms with Crippen molar-refractivity contribution >= 4 is 115 Å². The predicted octanol–water partition coefficient (Wildman–Crippen LogP) is 1.27. The molecule has 0 aliphatic carbocycles. The zero-order valence-corrected chi connectivity index (χ0v) is 30.9. The lowest BCUT2D eigenvalue weighted by Gasteiger charge is -2.26. The summed E-state index contributed by atoms with van der Waals surface area (Å²) in [6, 6.07) is -0.819. The van der Waals surface area contributed by atoms with Crippen molar-refractivity contribution in [3.63, 3.8) is 0 Å². The molecular weight excluding hydrogens is 943 g/mol. The number of cyclic esters (lactones) is 1. The number of halogens is 3. The second kappa shape index (κ2) is 18.0. The lowest BCUT2D eigenvalue weighted by Crippen LogP contribution is -2.41. The van der Waals surface area contributed by atoms with Crippen molar-refractivity contribution in [3.8, 4) is 0 Å². The largest absolute Gasteiger partial charge is 0.462 e. The number of esters is 4. The number of carbonyl (C=O) groups excluding carboxylic acids is 7. The summed E-state index contributed by atoms with van der Waals surface area (Å²) in [4.78, 5) is 86.9. The van der Waals surface area contributed by atoms with Crippen molar-refractivity contribution in [2.75, 3.05) is 44.4 Å². The maximum atomic E-state index is 13.6. The van der Waals surface area contributed by atoms with Gasteiger partial charge in [-0.2, -0.15) is 0 Å². The van der Waals surface area contributed by atoms with Crippen LogP contribution in [0.3, 0.4) is 0 Å². The van der Waals surface area contributed by atoms with E-state index in [1.807, 2.05) is 45.2 Å². The Morgan fingerprint density at radius 1 is 0.800 bits per heavy atom. The van der Waals surface area contributed by atoms with Gasteiger partial charge in [0.05, 0.1) is 49.7 Å². The van der Waals surface area contributed by atoms with E-state index in [1.54, 1.807) is 22.6 Å². The first-order chi connectivity index (χ1) is 21.1. The lowest BCUT2D eigenvalue weighted by molar-refractivity contribution is -0.155. The van der Waals surface area contributed by atoms with Crippen LogP contribution < -0.4 is 15.5 Å². The van der Waals surface area contributed by atoms with Gasteiger partial charge in [-0.1, -0.05) is 0 Å². The first-order valence-corrected chi connectivity index (χ1v) is 16.3. The number of nitrogens with zero attached hydrogens (tertiary/aromatic N) is 1. The highest BCUT2D eigenvalue weighted by atomic mass is 127. The number of amides is 3. The normalized spacial score (nSPS) is 15.3. The fraction of sp³-hybridized carbons (Fsp3) is 0.500. The van der Waals surface area contributed by atoms with Gasteiger partial charge in [-0.3, -0.25) is 33.7 Å². The Kier molecular flexibility index (Phi) is 15.4. The zero-order valence-electron chi connectivity index (χ0n) is 24.4. The first kappa shape index (κ1) is 38.6. The molecule has 0 spiro atoms. The number of aliphatic hydroxyl groups excluding tert-OH is 1. The van der Waals surface area contributed by atoms with Crippen LogP contribution in [0.5, 0.6) is 0 Å². The van der Waals surface area contributed by atoms with Gasteiger partial charge in [-0.15, -0.1) is 0 Å². The van der Waals surface area contributed by atoms with Gasteiger partial charge in [0.25, 0.3) is 11.8 Å². The molecule has 3 amide bonds. The molecule has 3 N–H and O–H groups in total. The van der Waals surface area contributed by atoms with Crippen LogP contribution in [0.2, 0.25) is 0 Å². The number of anilines is 1. The standard InChI is InChI=1S/C26H30I3N3O13/c1-11(34)41-9-16(44-13(3)36)5-30-24(38)18-20(27)19(25(39)31-6-17(45-14(4)37)10-42-12(2)35)22(29)23(21(18)28)32-15(7-33)8-43-26(32)40/h15-17,33H,5-10H2,1-4H3,(H,30,38)(H,31,39). The van der Waals surface area contributed by atoms with Crippen molar-refractivity contribution in [1.29, 1.82) is 0 Å². The highest BCUT2D eigenvalue weighted by Gasteiger charge is 2.40. The average Bonchev–Trinajstić information content (AvgIpc) is 3.30. The van der Waals surface area contributed by atoms with E-state index in [1.165, 1.54) is 13.8 Å². The topological polar surface area (TPSA) is 213 Å². The number of nitrogens with one attached hydrogen (secondary N) is 2. The van der Waals surface area contributed by atoms with Gasteiger partial charge in [-0.25, -0.2) is 4.79 Å². The number of aliphatic hydroxyl groups is 1. The summed E-state index contributed by atoms with van der Waals surface area (Å²) in [5.74, 6) is -4.05. The number of hydrogen-bond donors (Lipinski definition) is 3. The number of hydrogen-bond acceptors (Lipinski definition) is 13.